The standard InChI is InChI=1S/C28H29ClN4O5S/c1-32-24(34)11-17-10-19(14-30-26(17)32)21-4-3-20(29)13-22(21)23-15-39-28(31-23)33(2)27(37)18(12-25(35)36)9-16-5-7-38-8-6-16/h3-4,10,13-16,18H,5-9,11-12H2,1-2H3,(H,35,36). The van der Waals surface area contributed by atoms with Crippen LogP contribution in [0.25, 0.3) is 22.4 Å². The van der Waals surface area contributed by atoms with Gasteiger partial charge in [-0.25, -0.2) is 9.97 Å². The van der Waals surface area contributed by atoms with Gasteiger partial charge in [-0.3, -0.25) is 24.2 Å². The molecular formula is C28H29ClN4O5S. The van der Waals surface area contributed by atoms with Gasteiger partial charge in [0.2, 0.25) is 11.8 Å². The molecule has 1 unspecified atom stereocenters. The maximum Gasteiger partial charge on any atom is 0.304 e. The number of carboxylic acids is 1. The molecule has 0 bridgehead atoms. The molecule has 2 aliphatic rings. The second kappa shape index (κ2) is 11.4. The van der Waals surface area contributed by atoms with Crippen LogP contribution >= 0.6 is 22.9 Å². The minimum absolute atomic E-state index is 0.000786. The lowest BCUT2D eigenvalue weighted by atomic mass is 9.86. The van der Waals surface area contributed by atoms with Crippen LogP contribution in [0.1, 0.15) is 31.2 Å². The number of nitrogens with zero attached hydrogens (tertiary/aromatic N) is 4. The largest absolute Gasteiger partial charge is 0.481 e. The van der Waals surface area contributed by atoms with Gasteiger partial charge in [-0.15, -0.1) is 11.3 Å². The van der Waals surface area contributed by atoms with Crippen LogP contribution in [0, 0.1) is 11.8 Å². The maximum atomic E-state index is 13.4. The summed E-state index contributed by atoms with van der Waals surface area (Å²) in [6, 6.07) is 7.47. The van der Waals surface area contributed by atoms with E-state index in [2.05, 4.69) is 4.98 Å². The van der Waals surface area contributed by atoms with Gasteiger partial charge in [0.05, 0.1) is 18.5 Å². The van der Waals surface area contributed by atoms with Gasteiger partial charge in [-0.2, -0.15) is 0 Å². The van der Waals surface area contributed by atoms with Crippen molar-refractivity contribution in [3.63, 3.8) is 0 Å². The maximum absolute atomic E-state index is 13.4. The third-order valence-electron chi connectivity index (χ3n) is 7.38. The molecule has 0 spiro atoms. The zero-order valence-corrected chi connectivity index (χ0v) is 23.3. The highest BCUT2D eigenvalue weighted by atomic mass is 35.5. The van der Waals surface area contributed by atoms with Gasteiger partial charge in [-0.05, 0) is 48.9 Å². The van der Waals surface area contributed by atoms with E-state index in [1.807, 2.05) is 23.6 Å². The lowest BCUT2D eigenvalue weighted by Gasteiger charge is -2.27. The predicted octanol–water partition coefficient (Wildman–Crippen LogP) is 4.91. The van der Waals surface area contributed by atoms with Crippen molar-refractivity contribution in [1.29, 1.82) is 0 Å². The molecule has 4 heterocycles. The topological polar surface area (TPSA) is 113 Å². The number of rotatable bonds is 8. The normalized spacial score (nSPS) is 16.3. The molecule has 2 amide bonds. The van der Waals surface area contributed by atoms with Crippen LogP contribution in [0.15, 0.2) is 35.8 Å². The monoisotopic (exact) mass is 568 g/mol. The quantitative estimate of drug-likeness (QED) is 0.410. The molecule has 0 aliphatic carbocycles. The number of pyridine rings is 1. The first-order valence-corrected chi connectivity index (χ1v) is 14.1. The molecule has 0 radical (unpaired) electrons. The van der Waals surface area contributed by atoms with Gasteiger partial charge in [0.15, 0.2) is 5.13 Å². The Morgan fingerprint density at radius 2 is 2.03 bits per heavy atom. The number of carbonyl (C=O) groups is 3. The number of likely N-dealkylation sites (N-methyl/N-ethyl adjacent to an activating group) is 1. The fourth-order valence-corrected chi connectivity index (χ4v) is 6.21. The van der Waals surface area contributed by atoms with Crippen LogP contribution in [0.5, 0.6) is 0 Å². The molecule has 39 heavy (non-hydrogen) atoms. The molecule has 1 aromatic carbocycles. The van der Waals surface area contributed by atoms with E-state index in [4.69, 9.17) is 21.3 Å². The summed E-state index contributed by atoms with van der Waals surface area (Å²) in [7, 11) is 3.36. The molecule has 3 aromatic rings. The highest BCUT2D eigenvalue weighted by Gasteiger charge is 2.31. The summed E-state index contributed by atoms with van der Waals surface area (Å²) < 4.78 is 5.42. The van der Waals surface area contributed by atoms with Gasteiger partial charge < -0.3 is 9.84 Å². The minimum Gasteiger partial charge on any atom is -0.481 e. The SMILES string of the molecule is CN(C(=O)C(CC(=O)O)CC1CCOCC1)c1nc(-c2cc(Cl)ccc2-c2cnc3c(c2)CC(=O)N3C)cs1. The van der Waals surface area contributed by atoms with Crippen molar-refractivity contribution in [3.8, 4) is 22.4 Å². The number of carbonyl (C=O) groups excluding carboxylic acids is 2. The van der Waals surface area contributed by atoms with E-state index in [9.17, 15) is 19.5 Å². The van der Waals surface area contributed by atoms with Crippen LogP contribution < -0.4 is 9.80 Å². The molecule has 2 aliphatic heterocycles. The van der Waals surface area contributed by atoms with Gasteiger partial charge >= 0.3 is 5.97 Å². The summed E-state index contributed by atoms with van der Waals surface area (Å²) in [5.41, 5.74) is 3.96. The Balaban J connectivity index is 1.41. The Kier molecular flexibility index (Phi) is 7.97. The molecule has 1 saturated heterocycles. The highest BCUT2D eigenvalue weighted by Crippen LogP contribution is 2.38. The molecule has 1 N–H and O–H groups in total. The van der Waals surface area contributed by atoms with Crippen molar-refractivity contribution in [2.24, 2.45) is 11.8 Å². The number of hydrogen-bond acceptors (Lipinski definition) is 7. The number of fused-ring (bicyclic) bond motifs is 1. The average Bonchev–Trinajstić information content (AvgIpc) is 3.52. The molecule has 2 aromatic heterocycles. The van der Waals surface area contributed by atoms with Crippen molar-refractivity contribution < 1.29 is 24.2 Å². The van der Waals surface area contributed by atoms with Crippen molar-refractivity contribution in [2.45, 2.75) is 32.1 Å². The van der Waals surface area contributed by atoms with Crippen LogP contribution in [0.4, 0.5) is 10.9 Å². The van der Waals surface area contributed by atoms with Crippen molar-refractivity contribution in [1.82, 2.24) is 9.97 Å². The van der Waals surface area contributed by atoms with E-state index in [0.29, 0.717) is 47.7 Å². The van der Waals surface area contributed by atoms with E-state index >= 15 is 0 Å². The number of hydrogen-bond donors (Lipinski definition) is 1. The van der Waals surface area contributed by atoms with Crippen LogP contribution in [0.2, 0.25) is 5.02 Å². The Hall–Kier alpha value is -3.34. The Morgan fingerprint density at radius 1 is 1.26 bits per heavy atom. The zero-order chi connectivity index (χ0) is 27.7. The van der Waals surface area contributed by atoms with E-state index in [1.165, 1.54) is 16.2 Å². The smallest absolute Gasteiger partial charge is 0.304 e. The lowest BCUT2D eigenvalue weighted by Crippen LogP contribution is -2.35. The first kappa shape index (κ1) is 27.2. The fourth-order valence-electron chi connectivity index (χ4n) is 5.24. The molecule has 11 heteroatoms. The average molecular weight is 569 g/mol. The molecular weight excluding hydrogens is 540 g/mol. The van der Waals surface area contributed by atoms with Crippen molar-refractivity contribution in [3.05, 3.63) is 46.4 Å². The fraction of sp³-hybridized carbons (Fsp3) is 0.393. The van der Waals surface area contributed by atoms with Gasteiger partial charge in [-0.1, -0.05) is 17.7 Å². The zero-order valence-electron chi connectivity index (χ0n) is 21.7. The van der Waals surface area contributed by atoms with Crippen LogP contribution in [-0.4, -0.2) is 60.2 Å². The number of anilines is 2. The van der Waals surface area contributed by atoms with Crippen molar-refractivity contribution >= 4 is 51.7 Å². The van der Waals surface area contributed by atoms with Crippen LogP contribution in [0.3, 0.4) is 0 Å². The van der Waals surface area contributed by atoms with E-state index in [0.717, 1.165) is 35.1 Å². The summed E-state index contributed by atoms with van der Waals surface area (Å²) in [5.74, 6) is -0.964. The number of aliphatic carboxylic acids is 1. The number of aromatic nitrogens is 2. The Bertz CT molecular complexity index is 1420. The third-order valence-corrected chi connectivity index (χ3v) is 8.54. The van der Waals surface area contributed by atoms with Gasteiger partial charge in [0.25, 0.3) is 0 Å². The number of amides is 2. The second-order valence-electron chi connectivity index (χ2n) is 10.0. The van der Waals surface area contributed by atoms with Gasteiger partial charge in [0, 0.05) is 66.5 Å². The van der Waals surface area contributed by atoms with Crippen LogP contribution in [-0.2, 0) is 25.5 Å². The van der Waals surface area contributed by atoms with E-state index < -0.39 is 11.9 Å². The summed E-state index contributed by atoms with van der Waals surface area (Å²) >= 11 is 7.68. The minimum atomic E-state index is -0.993. The number of ether oxygens (including phenoxy) is 1. The molecule has 5 rings (SSSR count). The molecule has 9 nitrogen and oxygen atoms in total. The molecule has 204 valence electrons. The summed E-state index contributed by atoms with van der Waals surface area (Å²) in [4.78, 5) is 49.4. The predicted molar refractivity (Wildman–Crippen MR) is 150 cm³/mol. The number of carboxylic acid groups (broad SMARTS) is 1. The summed E-state index contributed by atoms with van der Waals surface area (Å²) in [6.45, 7) is 1.28. The van der Waals surface area contributed by atoms with E-state index in [-0.39, 0.29) is 24.2 Å². The van der Waals surface area contributed by atoms with E-state index in [1.54, 1.807) is 31.3 Å². The first-order valence-electron chi connectivity index (χ1n) is 12.8. The third kappa shape index (κ3) is 5.83. The molecule has 1 fully saturated rings. The summed E-state index contributed by atoms with van der Waals surface area (Å²) in [5, 5.41) is 12.3. The Labute approximate surface area is 235 Å². The highest BCUT2D eigenvalue weighted by molar-refractivity contribution is 7.14. The van der Waals surface area contributed by atoms with Gasteiger partial charge in [0.1, 0.15) is 5.82 Å². The summed E-state index contributed by atoms with van der Waals surface area (Å²) in [6.07, 6.45) is 3.98. The lowest BCUT2D eigenvalue weighted by molar-refractivity contribution is -0.141. The Morgan fingerprint density at radius 3 is 2.77 bits per heavy atom. The molecule has 0 saturated carbocycles. The second-order valence-corrected chi connectivity index (χ2v) is 11.3. The first-order chi connectivity index (χ1) is 18.7. The number of thiazole rings is 1. The molecule has 1 atom stereocenters. The van der Waals surface area contributed by atoms with Crippen molar-refractivity contribution in [2.75, 3.05) is 37.1 Å². The number of benzene rings is 1. The number of halogens is 1.